The Kier molecular flexibility index (Phi) is 7.57. The molecule has 0 atom stereocenters. The molecule has 140 valence electrons. The number of nitrogens with zero attached hydrogens (tertiary/aromatic N) is 2. The molecule has 0 fully saturated rings. The molecule has 0 bridgehead atoms. The van der Waals surface area contributed by atoms with Gasteiger partial charge in [-0.25, -0.2) is 4.39 Å². The lowest BCUT2D eigenvalue weighted by molar-refractivity contribution is -0.129. The number of nitrogens with one attached hydrogen (secondary N) is 1. The highest BCUT2D eigenvalue weighted by atomic mass is 19.1. The minimum atomic E-state index is -0.324. The van der Waals surface area contributed by atoms with Crippen LogP contribution >= 0.6 is 0 Å². The highest BCUT2D eigenvalue weighted by Crippen LogP contribution is 2.12. The van der Waals surface area contributed by atoms with E-state index in [1.165, 1.54) is 12.3 Å². The summed E-state index contributed by atoms with van der Waals surface area (Å²) in [7, 11) is 0. The van der Waals surface area contributed by atoms with Crippen LogP contribution in [0.5, 0.6) is 0 Å². The molecular weight excluding hydrogens is 341 g/mol. The van der Waals surface area contributed by atoms with Crippen molar-refractivity contribution in [2.75, 3.05) is 6.54 Å². The van der Waals surface area contributed by atoms with Crippen molar-refractivity contribution < 1.29 is 9.18 Å². The van der Waals surface area contributed by atoms with Gasteiger partial charge in [0.2, 0.25) is 0 Å². The fraction of sp³-hybridized carbons (Fsp3) is 0.273. The maximum atomic E-state index is 13.6. The molecule has 0 unspecified atom stereocenters. The van der Waals surface area contributed by atoms with Gasteiger partial charge in [-0.2, -0.15) is 5.26 Å². The predicted molar refractivity (Wildman–Crippen MR) is 104 cm³/mol. The monoisotopic (exact) mass is 365 g/mol. The Hall–Kier alpha value is -3.13. The minimum Gasteiger partial charge on any atom is -0.389 e. The summed E-state index contributed by atoms with van der Waals surface area (Å²) in [6, 6.07) is 18.1. The molecule has 0 aromatic heterocycles. The number of benzene rings is 2. The van der Waals surface area contributed by atoms with E-state index < -0.39 is 0 Å². The predicted octanol–water partition coefficient (Wildman–Crippen LogP) is 3.80. The number of halogens is 1. The van der Waals surface area contributed by atoms with Crippen molar-refractivity contribution >= 4 is 5.91 Å². The third-order valence-corrected chi connectivity index (χ3v) is 4.17. The highest BCUT2D eigenvalue weighted by Gasteiger charge is 2.21. The van der Waals surface area contributed by atoms with E-state index in [0.29, 0.717) is 25.1 Å². The van der Waals surface area contributed by atoms with Crippen molar-refractivity contribution in [1.29, 1.82) is 5.26 Å². The molecule has 1 amide bonds. The maximum Gasteiger partial charge on any atom is 0.266 e. The molecule has 0 aliphatic carbocycles. The maximum absolute atomic E-state index is 13.6. The average molecular weight is 365 g/mol. The SMILES string of the molecule is CC(C)N(Cc1ccccc1)C(=O)/C(C#N)=C\NCCc1ccccc1F. The van der Waals surface area contributed by atoms with Crippen LogP contribution in [-0.2, 0) is 17.8 Å². The fourth-order valence-corrected chi connectivity index (χ4v) is 2.65. The molecule has 0 aliphatic heterocycles. The Bertz CT molecular complexity index is 825. The normalized spacial score (nSPS) is 11.1. The molecule has 0 radical (unpaired) electrons. The van der Waals surface area contributed by atoms with Crippen LogP contribution in [0.25, 0.3) is 0 Å². The molecule has 0 aliphatic rings. The molecular formula is C22H24FN3O. The molecule has 0 spiro atoms. The Balaban J connectivity index is 2.00. The van der Waals surface area contributed by atoms with Crippen molar-refractivity contribution in [2.24, 2.45) is 0 Å². The summed E-state index contributed by atoms with van der Waals surface area (Å²) in [6.07, 6.45) is 1.89. The van der Waals surface area contributed by atoms with Gasteiger partial charge in [-0.3, -0.25) is 4.79 Å². The van der Waals surface area contributed by atoms with E-state index in [2.05, 4.69) is 5.32 Å². The topological polar surface area (TPSA) is 56.1 Å². The largest absolute Gasteiger partial charge is 0.389 e. The van der Waals surface area contributed by atoms with E-state index in [1.807, 2.05) is 50.2 Å². The van der Waals surface area contributed by atoms with Crippen molar-refractivity contribution in [3.63, 3.8) is 0 Å². The zero-order chi connectivity index (χ0) is 19.6. The Morgan fingerprint density at radius 2 is 1.85 bits per heavy atom. The first kappa shape index (κ1) is 20.2. The van der Waals surface area contributed by atoms with Gasteiger partial charge in [-0.15, -0.1) is 0 Å². The zero-order valence-corrected chi connectivity index (χ0v) is 15.7. The lowest BCUT2D eigenvalue weighted by Crippen LogP contribution is -2.37. The quantitative estimate of drug-likeness (QED) is 0.440. The number of carbonyl (C=O) groups is 1. The van der Waals surface area contributed by atoms with Crippen LogP contribution in [0.15, 0.2) is 66.4 Å². The third-order valence-electron chi connectivity index (χ3n) is 4.17. The van der Waals surface area contributed by atoms with Crippen LogP contribution in [0.4, 0.5) is 4.39 Å². The first-order valence-electron chi connectivity index (χ1n) is 8.95. The van der Waals surface area contributed by atoms with E-state index in [-0.39, 0.29) is 23.3 Å². The second-order valence-electron chi connectivity index (χ2n) is 6.48. The molecule has 1 N–H and O–H groups in total. The van der Waals surface area contributed by atoms with Gasteiger partial charge in [-0.05, 0) is 37.5 Å². The average Bonchev–Trinajstić information content (AvgIpc) is 2.67. The molecule has 5 heteroatoms. The summed E-state index contributed by atoms with van der Waals surface area (Å²) in [4.78, 5) is 14.4. The van der Waals surface area contributed by atoms with E-state index in [9.17, 15) is 14.4 Å². The summed E-state index contributed by atoms with van der Waals surface area (Å²) in [5.74, 6) is -0.580. The van der Waals surface area contributed by atoms with Crippen LogP contribution in [0.3, 0.4) is 0 Å². The summed E-state index contributed by atoms with van der Waals surface area (Å²) in [5, 5.41) is 12.3. The summed E-state index contributed by atoms with van der Waals surface area (Å²) in [6.45, 7) is 4.70. The second kappa shape index (κ2) is 10.1. The van der Waals surface area contributed by atoms with Crippen LogP contribution in [0.1, 0.15) is 25.0 Å². The molecule has 2 aromatic rings. The number of hydrogen-bond acceptors (Lipinski definition) is 3. The Labute approximate surface area is 159 Å². The number of hydrogen-bond donors (Lipinski definition) is 1. The Morgan fingerprint density at radius 3 is 2.48 bits per heavy atom. The molecule has 2 aromatic carbocycles. The summed E-state index contributed by atoms with van der Waals surface area (Å²) >= 11 is 0. The van der Waals surface area contributed by atoms with Gasteiger partial charge in [0.25, 0.3) is 5.91 Å². The molecule has 0 saturated carbocycles. The van der Waals surface area contributed by atoms with E-state index >= 15 is 0 Å². The summed E-state index contributed by atoms with van der Waals surface area (Å²) < 4.78 is 13.6. The van der Waals surface area contributed by atoms with Crippen molar-refractivity contribution in [2.45, 2.75) is 32.9 Å². The van der Waals surface area contributed by atoms with Crippen LogP contribution in [0, 0.1) is 17.1 Å². The van der Waals surface area contributed by atoms with Gasteiger partial charge in [0.15, 0.2) is 0 Å². The zero-order valence-electron chi connectivity index (χ0n) is 15.7. The van der Waals surface area contributed by atoms with E-state index in [4.69, 9.17) is 0 Å². The highest BCUT2D eigenvalue weighted by molar-refractivity contribution is 5.97. The van der Waals surface area contributed by atoms with Crippen LogP contribution in [-0.4, -0.2) is 23.4 Å². The lowest BCUT2D eigenvalue weighted by atomic mass is 10.1. The van der Waals surface area contributed by atoms with Crippen molar-refractivity contribution in [1.82, 2.24) is 10.2 Å². The number of nitriles is 1. The standard InChI is InChI=1S/C22H24FN3O/c1-17(2)26(16-18-8-4-3-5-9-18)22(27)20(14-24)15-25-13-12-19-10-6-7-11-21(19)23/h3-11,15,17,25H,12-13,16H2,1-2H3/b20-15-. The van der Waals surface area contributed by atoms with Gasteiger partial charge in [-0.1, -0.05) is 48.5 Å². The van der Waals surface area contributed by atoms with Gasteiger partial charge >= 0.3 is 0 Å². The minimum absolute atomic E-state index is 0.0353. The number of amides is 1. The molecule has 0 saturated heterocycles. The fourth-order valence-electron chi connectivity index (χ4n) is 2.65. The van der Waals surface area contributed by atoms with Gasteiger partial charge in [0.1, 0.15) is 17.5 Å². The molecule has 2 rings (SSSR count). The third kappa shape index (κ3) is 5.96. The molecule has 0 heterocycles. The van der Waals surface area contributed by atoms with E-state index in [0.717, 1.165) is 5.56 Å². The van der Waals surface area contributed by atoms with Gasteiger partial charge < -0.3 is 10.2 Å². The van der Waals surface area contributed by atoms with Crippen molar-refractivity contribution in [3.8, 4) is 6.07 Å². The second-order valence-corrected chi connectivity index (χ2v) is 6.48. The number of carbonyl (C=O) groups excluding carboxylic acids is 1. The molecule has 27 heavy (non-hydrogen) atoms. The van der Waals surface area contributed by atoms with E-state index in [1.54, 1.807) is 23.1 Å². The van der Waals surface area contributed by atoms with Gasteiger partial charge in [0.05, 0.1) is 0 Å². The number of rotatable bonds is 8. The summed E-state index contributed by atoms with van der Waals surface area (Å²) in [5.41, 5.74) is 1.63. The van der Waals surface area contributed by atoms with Gasteiger partial charge in [0, 0.05) is 25.3 Å². The first-order valence-corrected chi connectivity index (χ1v) is 8.95. The van der Waals surface area contributed by atoms with Crippen LogP contribution < -0.4 is 5.32 Å². The molecule has 4 nitrogen and oxygen atoms in total. The first-order chi connectivity index (χ1) is 13.0. The lowest BCUT2D eigenvalue weighted by Gasteiger charge is -2.26. The smallest absolute Gasteiger partial charge is 0.266 e. The van der Waals surface area contributed by atoms with Crippen molar-refractivity contribution in [3.05, 3.63) is 83.3 Å². The van der Waals surface area contributed by atoms with Crippen LogP contribution in [0.2, 0.25) is 0 Å². The Morgan fingerprint density at radius 1 is 1.19 bits per heavy atom.